The van der Waals surface area contributed by atoms with Crippen LogP contribution in [0.5, 0.6) is 0 Å². The molecule has 4 rings (SSSR count). The van der Waals surface area contributed by atoms with Gasteiger partial charge in [-0.25, -0.2) is 4.39 Å². The minimum atomic E-state index is -0.398. The van der Waals surface area contributed by atoms with Gasteiger partial charge in [-0.05, 0) is 30.8 Å². The highest BCUT2D eigenvalue weighted by Gasteiger charge is 2.40. The first kappa shape index (κ1) is 18.6. The number of nitrogens with zero attached hydrogens (tertiary/aromatic N) is 3. The van der Waals surface area contributed by atoms with Crippen LogP contribution in [0.3, 0.4) is 0 Å². The summed E-state index contributed by atoms with van der Waals surface area (Å²) < 4.78 is 13.6. The molecule has 2 atom stereocenters. The van der Waals surface area contributed by atoms with Crippen LogP contribution in [-0.4, -0.2) is 54.8 Å². The fraction of sp³-hybridized carbons (Fsp3) is 0.364. The molecule has 0 bridgehead atoms. The fourth-order valence-corrected chi connectivity index (χ4v) is 4.14. The van der Waals surface area contributed by atoms with E-state index in [1.54, 1.807) is 12.1 Å². The van der Waals surface area contributed by atoms with Gasteiger partial charge in [0.25, 0.3) is 0 Å². The van der Waals surface area contributed by atoms with Gasteiger partial charge in [-0.15, -0.1) is 0 Å². The first-order valence-electron chi connectivity index (χ1n) is 9.63. The van der Waals surface area contributed by atoms with Gasteiger partial charge in [0, 0.05) is 38.3 Å². The summed E-state index contributed by atoms with van der Waals surface area (Å²) >= 11 is 0. The maximum atomic E-state index is 13.6. The van der Waals surface area contributed by atoms with Crippen molar-refractivity contribution in [2.75, 3.05) is 38.1 Å². The summed E-state index contributed by atoms with van der Waals surface area (Å²) in [6.45, 7) is 2.52. The number of anilines is 1. The second-order valence-electron chi connectivity index (χ2n) is 7.61. The minimum absolute atomic E-state index is 0.00852. The van der Waals surface area contributed by atoms with Gasteiger partial charge in [0.05, 0.1) is 12.0 Å². The molecular formula is C22H24FN3O2. The van der Waals surface area contributed by atoms with Gasteiger partial charge < -0.3 is 14.7 Å². The van der Waals surface area contributed by atoms with E-state index in [0.29, 0.717) is 18.8 Å². The third-order valence-electron chi connectivity index (χ3n) is 5.65. The van der Waals surface area contributed by atoms with Crippen molar-refractivity contribution in [2.24, 2.45) is 5.92 Å². The fourth-order valence-electron chi connectivity index (χ4n) is 4.14. The van der Waals surface area contributed by atoms with Crippen molar-refractivity contribution in [1.29, 1.82) is 0 Å². The lowest BCUT2D eigenvalue weighted by atomic mass is 9.99. The molecule has 2 heterocycles. The molecule has 6 heteroatoms. The lowest BCUT2D eigenvalue weighted by molar-refractivity contribution is -0.140. The Bertz CT molecular complexity index is 873. The smallest absolute Gasteiger partial charge is 0.228 e. The van der Waals surface area contributed by atoms with Crippen molar-refractivity contribution in [1.82, 2.24) is 9.80 Å². The average Bonchev–Trinajstić information content (AvgIpc) is 3.10. The lowest BCUT2D eigenvalue weighted by Crippen LogP contribution is -2.51. The Balaban J connectivity index is 1.54. The second-order valence-corrected chi connectivity index (χ2v) is 7.61. The van der Waals surface area contributed by atoms with Crippen LogP contribution in [0.15, 0.2) is 54.6 Å². The molecule has 2 fully saturated rings. The number of halogens is 1. The maximum absolute atomic E-state index is 13.6. The maximum Gasteiger partial charge on any atom is 0.228 e. The third kappa shape index (κ3) is 3.64. The highest BCUT2D eigenvalue weighted by molar-refractivity contribution is 6.00. The summed E-state index contributed by atoms with van der Waals surface area (Å²) in [7, 11) is 2.06. The van der Waals surface area contributed by atoms with Crippen molar-refractivity contribution in [3.05, 3.63) is 66.0 Å². The van der Waals surface area contributed by atoms with E-state index in [1.165, 1.54) is 17.0 Å². The number of amides is 2. The molecule has 28 heavy (non-hydrogen) atoms. The van der Waals surface area contributed by atoms with E-state index in [1.807, 2.05) is 35.2 Å². The van der Waals surface area contributed by atoms with Gasteiger partial charge in [0.15, 0.2) is 0 Å². The SMILES string of the molecule is CN1CCN(C(=O)[C@H]2CC(=O)N(c3cccc(F)c3)C2)[C@@H](c2ccccc2)C1. The van der Waals surface area contributed by atoms with Crippen LogP contribution in [0, 0.1) is 11.7 Å². The Kier molecular flexibility index (Phi) is 5.13. The predicted molar refractivity (Wildman–Crippen MR) is 105 cm³/mol. The number of piperazine rings is 1. The van der Waals surface area contributed by atoms with Crippen LogP contribution in [0.25, 0.3) is 0 Å². The molecule has 2 aliphatic heterocycles. The lowest BCUT2D eigenvalue weighted by Gasteiger charge is -2.41. The molecule has 2 aromatic carbocycles. The number of hydrogen-bond acceptors (Lipinski definition) is 3. The topological polar surface area (TPSA) is 43.9 Å². The summed E-state index contributed by atoms with van der Waals surface area (Å²) in [5, 5.41) is 0. The molecule has 0 radical (unpaired) electrons. The zero-order valence-corrected chi connectivity index (χ0v) is 15.9. The Morgan fingerprint density at radius 3 is 2.57 bits per heavy atom. The molecule has 5 nitrogen and oxygen atoms in total. The molecule has 2 aromatic rings. The summed E-state index contributed by atoms with van der Waals surface area (Å²) in [5.74, 6) is -0.905. The Morgan fingerprint density at radius 2 is 1.82 bits per heavy atom. The molecule has 2 aliphatic rings. The summed E-state index contributed by atoms with van der Waals surface area (Å²) in [6.07, 6.45) is 0.170. The average molecular weight is 381 g/mol. The van der Waals surface area contributed by atoms with Crippen molar-refractivity contribution in [2.45, 2.75) is 12.5 Å². The number of hydrogen-bond donors (Lipinski definition) is 0. The Morgan fingerprint density at radius 1 is 1.04 bits per heavy atom. The normalized spacial score (nSPS) is 23.3. The summed E-state index contributed by atoms with van der Waals surface area (Å²) in [4.78, 5) is 31.5. The van der Waals surface area contributed by atoms with E-state index in [-0.39, 0.29) is 30.1 Å². The largest absolute Gasteiger partial charge is 0.333 e. The molecule has 0 aromatic heterocycles. The minimum Gasteiger partial charge on any atom is -0.333 e. The van der Waals surface area contributed by atoms with Crippen LogP contribution >= 0.6 is 0 Å². The third-order valence-corrected chi connectivity index (χ3v) is 5.65. The van der Waals surface area contributed by atoms with Crippen LogP contribution in [0.2, 0.25) is 0 Å². The van der Waals surface area contributed by atoms with Gasteiger partial charge >= 0.3 is 0 Å². The molecule has 0 spiro atoms. The van der Waals surface area contributed by atoms with Gasteiger partial charge in [0.1, 0.15) is 5.82 Å². The van der Waals surface area contributed by atoms with E-state index >= 15 is 0 Å². The van der Waals surface area contributed by atoms with Crippen LogP contribution in [-0.2, 0) is 9.59 Å². The van der Waals surface area contributed by atoms with Crippen LogP contribution < -0.4 is 4.90 Å². The zero-order valence-electron chi connectivity index (χ0n) is 15.9. The molecule has 2 amide bonds. The van der Waals surface area contributed by atoms with Gasteiger partial charge in [0.2, 0.25) is 11.8 Å². The number of carbonyl (C=O) groups excluding carboxylic acids is 2. The molecule has 0 N–H and O–H groups in total. The Labute approximate surface area is 164 Å². The molecular weight excluding hydrogens is 357 g/mol. The predicted octanol–water partition coefficient (Wildman–Crippen LogP) is 2.69. The van der Waals surface area contributed by atoms with Gasteiger partial charge in [-0.3, -0.25) is 9.59 Å². The highest BCUT2D eigenvalue weighted by atomic mass is 19.1. The van der Waals surface area contributed by atoms with Crippen LogP contribution in [0.1, 0.15) is 18.0 Å². The van der Waals surface area contributed by atoms with Crippen molar-refractivity contribution in [3.8, 4) is 0 Å². The number of likely N-dealkylation sites (N-methyl/N-ethyl adjacent to an activating group) is 1. The molecule has 146 valence electrons. The standard InChI is InChI=1S/C22H24FN3O2/c1-24-10-11-25(20(15-24)16-6-3-2-4-7-16)22(28)17-12-21(27)26(14-17)19-9-5-8-18(23)13-19/h2-9,13,17,20H,10-12,14-15H2,1H3/t17-,20+/m0/s1. The first-order valence-corrected chi connectivity index (χ1v) is 9.63. The van der Waals surface area contributed by atoms with E-state index in [9.17, 15) is 14.0 Å². The van der Waals surface area contributed by atoms with Crippen LogP contribution in [0.4, 0.5) is 10.1 Å². The first-order chi connectivity index (χ1) is 13.5. The quantitative estimate of drug-likeness (QED) is 0.821. The van der Waals surface area contributed by atoms with E-state index in [0.717, 1.165) is 18.7 Å². The van der Waals surface area contributed by atoms with E-state index < -0.39 is 5.92 Å². The Hall–Kier alpha value is -2.73. The van der Waals surface area contributed by atoms with Crippen molar-refractivity contribution >= 4 is 17.5 Å². The summed E-state index contributed by atoms with van der Waals surface area (Å²) in [5.41, 5.74) is 1.62. The highest BCUT2D eigenvalue weighted by Crippen LogP contribution is 2.31. The van der Waals surface area contributed by atoms with Gasteiger partial charge in [-0.1, -0.05) is 36.4 Å². The van der Waals surface area contributed by atoms with Crippen molar-refractivity contribution in [3.63, 3.8) is 0 Å². The van der Waals surface area contributed by atoms with Crippen molar-refractivity contribution < 1.29 is 14.0 Å². The molecule has 2 saturated heterocycles. The molecule has 0 unspecified atom stereocenters. The number of benzene rings is 2. The number of carbonyl (C=O) groups is 2. The number of rotatable bonds is 3. The summed E-state index contributed by atoms with van der Waals surface area (Å²) in [6, 6.07) is 16.0. The second kappa shape index (κ2) is 7.72. The molecule has 0 saturated carbocycles. The van der Waals surface area contributed by atoms with E-state index in [4.69, 9.17) is 0 Å². The molecule has 0 aliphatic carbocycles. The monoisotopic (exact) mass is 381 g/mol. The van der Waals surface area contributed by atoms with E-state index in [2.05, 4.69) is 11.9 Å². The van der Waals surface area contributed by atoms with Gasteiger partial charge in [-0.2, -0.15) is 0 Å². The zero-order chi connectivity index (χ0) is 19.7.